The third kappa shape index (κ3) is 2.76. The molecule has 0 spiro atoms. The smallest absolute Gasteiger partial charge is 0.338 e. The van der Waals surface area contributed by atoms with E-state index in [0.717, 1.165) is 31.9 Å². The molecule has 1 fully saturated rings. The predicted octanol–water partition coefficient (Wildman–Crippen LogP) is 2.76. The number of hydrogen-bond acceptors (Lipinski definition) is 3. The number of H-pyrrole nitrogens is 1. The van der Waals surface area contributed by atoms with E-state index < -0.39 is 11.8 Å². The van der Waals surface area contributed by atoms with Crippen LogP contribution in [0, 0.1) is 11.7 Å². The number of aromatic nitrogens is 2. The summed E-state index contributed by atoms with van der Waals surface area (Å²) in [5.74, 6) is -0.550. The molecule has 0 radical (unpaired) electrons. The summed E-state index contributed by atoms with van der Waals surface area (Å²) in [5.41, 5.74) is 0.649. The van der Waals surface area contributed by atoms with Gasteiger partial charge in [-0.15, -0.1) is 0 Å². The van der Waals surface area contributed by atoms with Gasteiger partial charge in [-0.25, -0.2) is 14.2 Å². The molecule has 2 aromatic rings. The van der Waals surface area contributed by atoms with Gasteiger partial charge in [0.15, 0.2) is 0 Å². The number of carboxylic acids is 1. The summed E-state index contributed by atoms with van der Waals surface area (Å²) in [5, 5.41) is 9.11. The zero-order valence-corrected chi connectivity index (χ0v) is 11.7. The maximum absolute atomic E-state index is 13.4. The molecule has 3 rings (SSSR count). The van der Waals surface area contributed by atoms with E-state index in [1.807, 2.05) is 6.92 Å². The second kappa shape index (κ2) is 5.44. The number of imidazole rings is 1. The largest absolute Gasteiger partial charge is 0.478 e. The number of hydrogen-bond donors (Lipinski definition) is 2. The van der Waals surface area contributed by atoms with Gasteiger partial charge in [-0.05, 0) is 37.8 Å². The molecular formula is C15H17FN2O3. The van der Waals surface area contributed by atoms with E-state index in [1.54, 1.807) is 0 Å². The van der Waals surface area contributed by atoms with Gasteiger partial charge in [-0.1, -0.05) is 0 Å². The van der Waals surface area contributed by atoms with Crippen LogP contribution in [0.15, 0.2) is 12.1 Å². The average Bonchev–Trinajstić information content (AvgIpc) is 2.77. The lowest BCUT2D eigenvalue weighted by atomic mass is 9.80. The van der Waals surface area contributed by atoms with E-state index in [-0.39, 0.29) is 5.56 Å². The van der Waals surface area contributed by atoms with Gasteiger partial charge in [0, 0.05) is 13.0 Å². The standard InChI is InChI=1S/C15H17FN2O3/c1-2-21-10-3-8(4-10)5-13-17-12-7-9(16)6-11(15(19)20)14(12)18-13/h6-8,10H,2-5H2,1H3,(H,17,18)(H,19,20). The van der Waals surface area contributed by atoms with Crippen LogP contribution in [-0.4, -0.2) is 33.8 Å². The number of carboxylic acid groups (broad SMARTS) is 1. The Morgan fingerprint density at radius 2 is 2.29 bits per heavy atom. The fraction of sp³-hybridized carbons (Fsp3) is 0.467. The SMILES string of the molecule is CCOC1CC(Cc2nc3c(C(=O)O)cc(F)cc3[nH]2)C1. The molecule has 0 bridgehead atoms. The first kappa shape index (κ1) is 14.0. The molecular weight excluding hydrogens is 275 g/mol. The first-order chi connectivity index (χ1) is 10.1. The van der Waals surface area contributed by atoms with E-state index in [1.165, 1.54) is 6.07 Å². The van der Waals surface area contributed by atoms with Crippen molar-refractivity contribution in [1.82, 2.24) is 9.97 Å². The lowest BCUT2D eigenvalue weighted by Crippen LogP contribution is -2.32. The molecule has 21 heavy (non-hydrogen) atoms. The number of ether oxygens (including phenoxy) is 1. The fourth-order valence-corrected chi connectivity index (χ4v) is 2.88. The Hall–Kier alpha value is -1.95. The quantitative estimate of drug-likeness (QED) is 0.888. The van der Waals surface area contributed by atoms with Crippen molar-refractivity contribution in [3.63, 3.8) is 0 Å². The molecule has 1 saturated carbocycles. The second-order valence-electron chi connectivity index (χ2n) is 5.46. The summed E-state index contributed by atoms with van der Waals surface area (Å²) < 4.78 is 18.9. The molecule has 1 aromatic heterocycles. The summed E-state index contributed by atoms with van der Waals surface area (Å²) in [7, 11) is 0. The Balaban J connectivity index is 1.79. The van der Waals surface area contributed by atoms with E-state index in [0.29, 0.717) is 28.9 Å². The summed E-state index contributed by atoms with van der Waals surface area (Å²) >= 11 is 0. The fourth-order valence-electron chi connectivity index (χ4n) is 2.88. The first-order valence-electron chi connectivity index (χ1n) is 7.09. The van der Waals surface area contributed by atoms with Crippen molar-refractivity contribution in [3.05, 3.63) is 29.3 Å². The van der Waals surface area contributed by atoms with Gasteiger partial charge in [-0.3, -0.25) is 0 Å². The van der Waals surface area contributed by atoms with Crippen molar-refractivity contribution in [3.8, 4) is 0 Å². The monoisotopic (exact) mass is 292 g/mol. The number of aromatic amines is 1. The van der Waals surface area contributed by atoms with E-state index in [2.05, 4.69) is 9.97 Å². The maximum Gasteiger partial charge on any atom is 0.338 e. The van der Waals surface area contributed by atoms with Crippen LogP contribution in [0.4, 0.5) is 4.39 Å². The van der Waals surface area contributed by atoms with Crippen molar-refractivity contribution >= 4 is 17.0 Å². The van der Waals surface area contributed by atoms with Crippen LogP contribution in [-0.2, 0) is 11.2 Å². The number of nitrogens with zero attached hydrogens (tertiary/aromatic N) is 1. The summed E-state index contributed by atoms with van der Waals surface area (Å²) in [6, 6.07) is 2.28. The molecule has 1 aliphatic carbocycles. The van der Waals surface area contributed by atoms with Crippen LogP contribution in [0.25, 0.3) is 11.0 Å². The lowest BCUT2D eigenvalue weighted by molar-refractivity contribution is -0.0244. The van der Waals surface area contributed by atoms with Crippen LogP contribution in [0.2, 0.25) is 0 Å². The average molecular weight is 292 g/mol. The molecule has 0 aliphatic heterocycles. The van der Waals surface area contributed by atoms with Crippen molar-refractivity contribution in [2.75, 3.05) is 6.61 Å². The van der Waals surface area contributed by atoms with Gasteiger partial charge < -0.3 is 14.8 Å². The van der Waals surface area contributed by atoms with E-state index >= 15 is 0 Å². The van der Waals surface area contributed by atoms with Gasteiger partial charge in [0.2, 0.25) is 0 Å². The number of fused-ring (bicyclic) bond motifs is 1. The highest BCUT2D eigenvalue weighted by Gasteiger charge is 2.30. The highest BCUT2D eigenvalue weighted by Crippen LogP contribution is 2.33. The molecule has 0 saturated heterocycles. The van der Waals surface area contributed by atoms with Gasteiger partial charge in [0.1, 0.15) is 17.2 Å². The Morgan fingerprint density at radius 1 is 1.52 bits per heavy atom. The summed E-state index contributed by atoms with van der Waals surface area (Å²) in [6.07, 6.45) is 3.05. The minimum atomic E-state index is -1.17. The highest BCUT2D eigenvalue weighted by molar-refractivity contribution is 6.00. The van der Waals surface area contributed by atoms with Crippen LogP contribution < -0.4 is 0 Å². The zero-order valence-electron chi connectivity index (χ0n) is 11.7. The minimum Gasteiger partial charge on any atom is -0.478 e. The van der Waals surface area contributed by atoms with Gasteiger partial charge >= 0.3 is 5.97 Å². The molecule has 0 amide bonds. The van der Waals surface area contributed by atoms with Crippen LogP contribution in [0.5, 0.6) is 0 Å². The molecule has 1 aliphatic rings. The highest BCUT2D eigenvalue weighted by atomic mass is 19.1. The third-order valence-corrected chi connectivity index (χ3v) is 3.91. The number of rotatable bonds is 5. The normalized spacial score (nSPS) is 21.4. The molecule has 2 N–H and O–H groups in total. The number of aromatic carboxylic acids is 1. The molecule has 0 atom stereocenters. The lowest BCUT2D eigenvalue weighted by Gasteiger charge is -2.34. The zero-order chi connectivity index (χ0) is 15.0. The van der Waals surface area contributed by atoms with Crippen LogP contribution in [0.3, 0.4) is 0 Å². The molecule has 1 heterocycles. The second-order valence-corrected chi connectivity index (χ2v) is 5.46. The number of carbonyl (C=O) groups is 1. The Labute approximate surface area is 121 Å². The molecule has 1 aromatic carbocycles. The summed E-state index contributed by atoms with van der Waals surface area (Å²) in [6.45, 7) is 2.71. The Kier molecular flexibility index (Phi) is 3.63. The van der Waals surface area contributed by atoms with Crippen molar-refractivity contribution in [2.45, 2.75) is 32.3 Å². The molecule has 6 heteroatoms. The van der Waals surface area contributed by atoms with Gasteiger partial charge in [0.25, 0.3) is 0 Å². The van der Waals surface area contributed by atoms with Crippen molar-refractivity contribution in [2.24, 2.45) is 5.92 Å². The van der Waals surface area contributed by atoms with E-state index in [4.69, 9.17) is 9.84 Å². The predicted molar refractivity (Wildman–Crippen MR) is 74.9 cm³/mol. The number of benzene rings is 1. The molecule has 5 nitrogen and oxygen atoms in total. The van der Waals surface area contributed by atoms with Gasteiger partial charge in [-0.2, -0.15) is 0 Å². The number of nitrogens with one attached hydrogen (secondary N) is 1. The van der Waals surface area contributed by atoms with Crippen LogP contribution in [0.1, 0.15) is 35.9 Å². The Bertz CT molecular complexity index is 677. The van der Waals surface area contributed by atoms with Crippen LogP contribution >= 0.6 is 0 Å². The maximum atomic E-state index is 13.4. The minimum absolute atomic E-state index is 0.103. The van der Waals surface area contributed by atoms with E-state index in [9.17, 15) is 9.18 Å². The third-order valence-electron chi connectivity index (χ3n) is 3.91. The molecule has 0 unspecified atom stereocenters. The number of halogens is 1. The Morgan fingerprint density at radius 3 is 2.95 bits per heavy atom. The topological polar surface area (TPSA) is 75.2 Å². The van der Waals surface area contributed by atoms with Gasteiger partial charge in [0.05, 0.1) is 17.2 Å². The van der Waals surface area contributed by atoms with Crippen molar-refractivity contribution < 1.29 is 19.0 Å². The summed E-state index contributed by atoms with van der Waals surface area (Å²) in [4.78, 5) is 18.5. The van der Waals surface area contributed by atoms with Crippen molar-refractivity contribution in [1.29, 1.82) is 0 Å². The first-order valence-corrected chi connectivity index (χ1v) is 7.09. The molecule has 112 valence electrons.